The first-order valence-corrected chi connectivity index (χ1v) is 7.90. The van der Waals surface area contributed by atoms with Crippen LogP contribution in [0.3, 0.4) is 0 Å². The first-order valence-electron chi connectivity index (χ1n) is 7.90. The zero-order chi connectivity index (χ0) is 14.7. The van der Waals surface area contributed by atoms with Crippen molar-refractivity contribution in [1.29, 1.82) is 0 Å². The number of nitrogens with one attached hydrogen (secondary N) is 1. The van der Waals surface area contributed by atoms with Gasteiger partial charge in [-0.25, -0.2) is 0 Å². The zero-order valence-electron chi connectivity index (χ0n) is 12.7. The van der Waals surface area contributed by atoms with Crippen molar-refractivity contribution in [2.24, 2.45) is 5.92 Å². The van der Waals surface area contributed by atoms with Crippen molar-refractivity contribution in [3.63, 3.8) is 0 Å². The van der Waals surface area contributed by atoms with Crippen LogP contribution in [0.2, 0.25) is 0 Å². The molecule has 1 saturated heterocycles. The van der Waals surface area contributed by atoms with Gasteiger partial charge in [0.05, 0.1) is 4.92 Å². The molecule has 2 aliphatic rings. The second-order valence-corrected chi connectivity index (χ2v) is 6.28. The summed E-state index contributed by atoms with van der Waals surface area (Å²) in [5.74, 6) is 0.796. The summed E-state index contributed by atoms with van der Waals surface area (Å²) in [6.45, 7) is 4.37. The van der Waals surface area contributed by atoms with E-state index in [1.165, 1.54) is 37.8 Å². The van der Waals surface area contributed by atoms with E-state index in [4.69, 9.17) is 0 Å². The molecule has 1 aromatic rings. The summed E-state index contributed by atoms with van der Waals surface area (Å²) in [7, 11) is 0. The van der Waals surface area contributed by atoms with Crippen molar-refractivity contribution in [1.82, 2.24) is 10.2 Å². The lowest BCUT2D eigenvalue weighted by atomic mass is 9.97. The highest BCUT2D eigenvalue weighted by molar-refractivity contribution is 5.85. The van der Waals surface area contributed by atoms with Crippen LogP contribution in [-0.2, 0) is 6.54 Å². The predicted octanol–water partition coefficient (Wildman–Crippen LogP) is 2.98. The molecule has 1 saturated carbocycles. The lowest BCUT2D eigenvalue weighted by Crippen LogP contribution is -2.37. The van der Waals surface area contributed by atoms with Crippen molar-refractivity contribution >= 4 is 18.1 Å². The molecule has 1 aliphatic heterocycles. The second-order valence-electron chi connectivity index (χ2n) is 6.28. The summed E-state index contributed by atoms with van der Waals surface area (Å²) >= 11 is 0. The van der Waals surface area contributed by atoms with Gasteiger partial charge in [-0.15, -0.1) is 12.4 Å². The lowest BCUT2D eigenvalue weighted by Gasteiger charge is -2.30. The number of nitro groups is 1. The predicted molar refractivity (Wildman–Crippen MR) is 89.4 cm³/mol. The number of hydrogen-bond acceptors (Lipinski definition) is 4. The molecule has 1 aromatic carbocycles. The quantitative estimate of drug-likeness (QED) is 0.645. The number of non-ortho nitro benzene ring substituents is 1. The Bertz CT molecular complexity index is 485. The molecule has 0 radical (unpaired) electrons. The summed E-state index contributed by atoms with van der Waals surface area (Å²) in [5, 5.41) is 14.1. The standard InChI is InChI=1S/C16H23N3O2.ClH/c20-19(21)16-3-1-13(2-4-16)11-18(15-5-6-15)12-14-7-9-17-10-8-14;/h1-4,14-15,17H,5-12H2;1H. The molecule has 0 bridgehead atoms. The highest BCUT2D eigenvalue weighted by Crippen LogP contribution is 2.30. The van der Waals surface area contributed by atoms with Crippen LogP contribution in [0.15, 0.2) is 24.3 Å². The smallest absolute Gasteiger partial charge is 0.269 e. The first kappa shape index (κ1) is 17.2. The van der Waals surface area contributed by atoms with E-state index in [2.05, 4.69) is 10.2 Å². The fourth-order valence-corrected chi connectivity index (χ4v) is 3.14. The molecular formula is C16H24ClN3O2. The van der Waals surface area contributed by atoms with Gasteiger partial charge in [0.2, 0.25) is 0 Å². The number of piperidine rings is 1. The third-order valence-corrected chi connectivity index (χ3v) is 4.55. The Labute approximate surface area is 137 Å². The van der Waals surface area contributed by atoms with Gasteiger partial charge >= 0.3 is 0 Å². The van der Waals surface area contributed by atoms with Crippen molar-refractivity contribution in [2.45, 2.75) is 38.3 Å². The number of hydrogen-bond donors (Lipinski definition) is 1. The van der Waals surface area contributed by atoms with Crippen LogP contribution < -0.4 is 5.32 Å². The van der Waals surface area contributed by atoms with Gasteiger partial charge in [-0.1, -0.05) is 12.1 Å². The van der Waals surface area contributed by atoms with Crippen LogP contribution in [0.4, 0.5) is 5.69 Å². The Morgan fingerprint density at radius 2 is 1.77 bits per heavy atom. The van der Waals surface area contributed by atoms with Gasteiger partial charge < -0.3 is 5.32 Å². The van der Waals surface area contributed by atoms with Crippen LogP contribution in [0, 0.1) is 16.0 Å². The van der Waals surface area contributed by atoms with Gasteiger partial charge in [0, 0.05) is 31.3 Å². The fraction of sp³-hybridized carbons (Fsp3) is 0.625. The van der Waals surface area contributed by atoms with Crippen molar-refractivity contribution in [3.05, 3.63) is 39.9 Å². The summed E-state index contributed by atoms with van der Waals surface area (Å²) in [4.78, 5) is 12.9. The fourth-order valence-electron chi connectivity index (χ4n) is 3.14. The van der Waals surface area contributed by atoms with Crippen LogP contribution in [-0.4, -0.2) is 35.5 Å². The van der Waals surface area contributed by atoms with E-state index in [1.54, 1.807) is 12.1 Å². The number of rotatable bonds is 6. The van der Waals surface area contributed by atoms with Gasteiger partial charge in [0.25, 0.3) is 5.69 Å². The Kier molecular flexibility index (Phi) is 6.17. The van der Waals surface area contributed by atoms with E-state index in [-0.39, 0.29) is 23.0 Å². The van der Waals surface area contributed by atoms with E-state index in [9.17, 15) is 10.1 Å². The van der Waals surface area contributed by atoms with Crippen LogP contribution in [0.1, 0.15) is 31.2 Å². The minimum absolute atomic E-state index is 0. The molecule has 0 unspecified atom stereocenters. The molecule has 0 spiro atoms. The van der Waals surface area contributed by atoms with Crippen molar-refractivity contribution in [2.75, 3.05) is 19.6 Å². The topological polar surface area (TPSA) is 58.4 Å². The number of halogens is 1. The van der Waals surface area contributed by atoms with Crippen LogP contribution in [0.25, 0.3) is 0 Å². The maximum absolute atomic E-state index is 10.7. The molecule has 1 N–H and O–H groups in total. The van der Waals surface area contributed by atoms with E-state index >= 15 is 0 Å². The molecule has 122 valence electrons. The molecule has 5 nitrogen and oxygen atoms in total. The van der Waals surface area contributed by atoms with E-state index < -0.39 is 0 Å². The molecule has 0 aromatic heterocycles. The van der Waals surface area contributed by atoms with Gasteiger partial charge in [-0.2, -0.15) is 0 Å². The Morgan fingerprint density at radius 3 is 2.32 bits per heavy atom. The molecule has 2 fully saturated rings. The SMILES string of the molecule is Cl.O=[N+]([O-])c1ccc(CN(CC2CCNCC2)C2CC2)cc1. The monoisotopic (exact) mass is 325 g/mol. The van der Waals surface area contributed by atoms with Gasteiger partial charge in [0.15, 0.2) is 0 Å². The third-order valence-electron chi connectivity index (χ3n) is 4.55. The molecule has 0 atom stereocenters. The highest BCUT2D eigenvalue weighted by atomic mass is 35.5. The summed E-state index contributed by atoms with van der Waals surface area (Å²) < 4.78 is 0. The van der Waals surface area contributed by atoms with E-state index in [0.29, 0.717) is 0 Å². The Morgan fingerprint density at radius 1 is 1.14 bits per heavy atom. The van der Waals surface area contributed by atoms with Gasteiger partial charge in [0.1, 0.15) is 0 Å². The molecule has 1 heterocycles. The number of nitro benzene ring substituents is 1. The van der Waals surface area contributed by atoms with Crippen molar-refractivity contribution in [3.8, 4) is 0 Å². The largest absolute Gasteiger partial charge is 0.317 e. The Balaban J connectivity index is 0.00000176. The minimum atomic E-state index is -0.336. The molecule has 3 rings (SSSR count). The summed E-state index contributed by atoms with van der Waals surface area (Å²) in [5.41, 5.74) is 1.36. The first-order chi connectivity index (χ1) is 10.2. The molecule has 0 amide bonds. The van der Waals surface area contributed by atoms with Gasteiger partial charge in [-0.05, 0) is 50.3 Å². The minimum Gasteiger partial charge on any atom is -0.317 e. The summed E-state index contributed by atoms with van der Waals surface area (Å²) in [6.07, 6.45) is 5.14. The van der Waals surface area contributed by atoms with Crippen LogP contribution >= 0.6 is 12.4 Å². The average Bonchev–Trinajstić information content (AvgIpc) is 3.33. The molecule has 1 aliphatic carbocycles. The number of benzene rings is 1. The molecule has 6 heteroatoms. The number of nitrogens with zero attached hydrogens (tertiary/aromatic N) is 2. The third kappa shape index (κ3) is 4.66. The zero-order valence-corrected chi connectivity index (χ0v) is 13.6. The normalized spacial score (nSPS) is 19.0. The van der Waals surface area contributed by atoms with E-state index in [0.717, 1.165) is 31.6 Å². The summed E-state index contributed by atoms with van der Waals surface area (Å²) in [6, 6.07) is 7.76. The van der Waals surface area contributed by atoms with Gasteiger partial charge in [-0.3, -0.25) is 15.0 Å². The average molecular weight is 326 g/mol. The van der Waals surface area contributed by atoms with Crippen molar-refractivity contribution < 1.29 is 4.92 Å². The lowest BCUT2D eigenvalue weighted by molar-refractivity contribution is -0.384. The highest BCUT2D eigenvalue weighted by Gasteiger charge is 2.30. The molecule has 22 heavy (non-hydrogen) atoms. The second kappa shape index (κ2) is 7.90. The maximum Gasteiger partial charge on any atom is 0.269 e. The van der Waals surface area contributed by atoms with E-state index in [1.807, 2.05) is 12.1 Å². The Hall–Kier alpha value is -1.17. The molecular weight excluding hydrogens is 302 g/mol. The van der Waals surface area contributed by atoms with Crippen LogP contribution in [0.5, 0.6) is 0 Å². The maximum atomic E-state index is 10.7.